The van der Waals surface area contributed by atoms with Gasteiger partial charge in [0.2, 0.25) is 0 Å². The van der Waals surface area contributed by atoms with Crippen molar-refractivity contribution in [3.05, 3.63) is 107 Å². The van der Waals surface area contributed by atoms with Crippen molar-refractivity contribution in [1.29, 1.82) is 0 Å². The molecule has 3 aromatic rings. The highest BCUT2D eigenvalue weighted by atomic mass is 16.7. The molecule has 25 heavy (non-hydrogen) atoms. The first kappa shape index (κ1) is 15.0. The number of hydrogen-bond donors (Lipinski definition) is 0. The van der Waals surface area contributed by atoms with Crippen LogP contribution in [-0.4, -0.2) is 17.5 Å². The summed E-state index contributed by atoms with van der Waals surface area (Å²) in [6.45, 7) is 0. The minimum Gasteiger partial charge on any atom is -0.312 e. The highest BCUT2D eigenvalue weighted by Gasteiger charge is 2.28. The third-order valence-electron chi connectivity index (χ3n) is 4.08. The van der Waals surface area contributed by atoms with E-state index in [2.05, 4.69) is 5.16 Å². The summed E-state index contributed by atoms with van der Waals surface area (Å²) in [5, 5.41) is 4.09. The fraction of sp³-hybridized carbons (Fsp3) is 0. The molecule has 3 aromatic carbocycles. The van der Waals surface area contributed by atoms with E-state index in [4.69, 9.17) is 4.84 Å². The molecule has 0 fully saturated rings. The molecule has 120 valence electrons. The summed E-state index contributed by atoms with van der Waals surface area (Å²) in [7, 11) is 0. The van der Waals surface area contributed by atoms with Crippen LogP contribution in [0.1, 0.15) is 37.4 Å². The molecule has 1 aliphatic rings. The molecule has 0 N–H and O–H groups in total. The van der Waals surface area contributed by atoms with Gasteiger partial charge in [-0.05, 0) is 12.1 Å². The van der Waals surface area contributed by atoms with E-state index in [1.165, 1.54) is 0 Å². The van der Waals surface area contributed by atoms with Gasteiger partial charge in [-0.2, -0.15) is 0 Å². The molecule has 4 nitrogen and oxygen atoms in total. The van der Waals surface area contributed by atoms with Gasteiger partial charge in [-0.1, -0.05) is 71.9 Å². The van der Waals surface area contributed by atoms with Crippen molar-refractivity contribution in [3.63, 3.8) is 0 Å². The van der Waals surface area contributed by atoms with Crippen LogP contribution in [0.4, 0.5) is 0 Å². The van der Waals surface area contributed by atoms with Gasteiger partial charge < -0.3 is 4.84 Å². The highest BCUT2D eigenvalue weighted by molar-refractivity contribution is 6.30. The Morgan fingerprint density at radius 1 is 0.680 bits per heavy atom. The van der Waals surface area contributed by atoms with Gasteiger partial charge in [0.15, 0.2) is 5.78 Å². The summed E-state index contributed by atoms with van der Waals surface area (Å²) >= 11 is 0. The summed E-state index contributed by atoms with van der Waals surface area (Å²) in [5.41, 5.74) is 3.32. The number of ketones is 1. The quantitative estimate of drug-likeness (QED) is 0.415. The summed E-state index contributed by atoms with van der Waals surface area (Å²) in [5.74, 6) is -0.598. The van der Waals surface area contributed by atoms with Crippen LogP contribution >= 0.6 is 0 Å². The number of carbonyl (C=O) groups excluding carboxylic acids is 2. The standard InChI is InChI=1S/C21H13NO3/c23-20-17-12-6-4-10-15(17)19(16-11-5-7-13-18(16)20)22-25-21(24)14-8-2-1-3-9-14/h1-13H. The first-order valence-corrected chi connectivity index (χ1v) is 7.83. The summed E-state index contributed by atoms with van der Waals surface area (Å²) in [6.07, 6.45) is 0. The minimum absolute atomic E-state index is 0.0560. The van der Waals surface area contributed by atoms with Crippen LogP contribution in [0.3, 0.4) is 0 Å². The number of benzene rings is 3. The molecule has 0 spiro atoms. The molecular weight excluding hydrogens is 314 g/mol. The van der Waals surface area contributed by atoms with Crippen molar-refractivity contribution >= 4 is 17.5 Å². The van der Waals surface area contributed by atoms with Gasteiger partial charge in [0.05, 0.1) is 5.56 Å². The molecule has 0 bridgehead atoms. The molecule has 0 aromatic heterocycles. The minimum atomic E-state index is -0.542. The van der Waals surface area contributed by atoms with E-state index >= 15 is 0 Å². The van der Waals surface area contributed by atoms with Crippen molar-refractivity contribution in [3.8, 4) is 0 Å². The summed E-state index contributed by atoms with van der Waals surface area (Å²) in [6, 6.07) is 23.0. The normalized spacial score (nSPS) is 12.2. The molecular formula is C21H13NO3. The molecule has 4 rings (SSSR count). The molecule has 0 amide bonds. The number of oxime groups is 1. The third kappa shape index (κ3) is 2.64. The van der Waals surface area contributed by atoms with Crippen molar-refractivity contribution < 1.29 is 14.4 Å². The Hall–Kier alpha value is -3.53. The lowest BCUT2D eigenvalue weighted by atomic mass is 9.84. The first-order chi connectivity index (χ1) is 12.3. The lowest BCUT2D eigenvalue weighted by molar-refractivity contribution is 0.0517. The second-order valence-corrected chi connectivity index (χ2v) is 5.60. The maximum absolute atomic E-state index is 12.7. The van der Waals surface area contributed by atoms with Crippen molar-refractivity contribution in [2.45, 2.75) is 0 Å². The van der Waals surface area contributed by atoms with Crippen LogP contribution in [0.2, 0.25) is 0 Å². The van der Waals surface area contributed by atoms with E-state index in [9.17, 15) is 9.59 Å². The van der Waals surface area contributed by atoms with Crippen molar-refractivity contribution in [1.82, 2.24) is 0 Å². The third-order valence-corrected chi connectivity index (χ3v) is 4.08. The number of fused-ring (bicyclic) bond motifs is 2. The van der Waals surface area contributed by atoms with Gasteiger partial charge >= 0.3 is 5.97 Å². The van der Waals surface area contributed by atoms with Gasteiger partial charge in [-0.25, -0.2) is 4.79 Å². The van der Waals surface area contributed by atoms with Crippen LogP contribution in [0.25, 0.3) is 0 Å². The molecule has 0 heterocycles. The Kier molecular flexibility index (Phi) is 3.71. The number of hydrogen-bond acceptors (Lipinski definition) is 4. The Balaban J connectivity index is 1.78. The molecule has 0 radical (unpaired) electrons. The molecule has 0 aliphatic heterocycles. The van der Waals surface area contributed by atoms with Crippen LogP contribution < -0.4 is 0 Å². The highest BCUT2D eigenvalue weighted by Crippen LogP contribution is 2.27. The van der Waals surface area contributed by atoms with Gasteiger partial charge in [0, 0.05) is 22.3 Å². The Labute approximate surface area is 144 Å². The fourth-order valence-electron chi connectivity index (χ4n) is 2.88. The second-order valence-electron chi connectivity index (χ2n) is 5.60. The van der Waals surface area contributed by atoms with Gasteiger partial charge in [-0.3, -0.25) is 4.79 Å². The monoisotopic (exact) mass is 327 g/mol. The van der Waals surface area contributed by atoms with Gasteiger partial charge in [-0.15, -0.1) is 0 Å². The van der Waals surface area contributed by atoms with E-state index in [0.717, 1.165) is 0 Å². The van der Waals surface area contributed by atoms with Crippen molar-refractivity contribution in [2.24, 2.45) is 5.16 Å². The van der Waals surface area contributed by atoms with Gasteiger partial charge in [0.25, 0.3) is 0 Å². The zero-order valence-corrected chi connectivity index (χ0v) is 13.2. The van der Waals surface area contributed by atoms with E-state index < -0.39 is 5.97 Å². The van der Waals surface area contributed by atoms with E-state index in [0.29, 0.717) is 33.5 Å². The number of rotatable bonds is 2. The largest absolute Gasteiger partial charge is 0.365 e. The Morgan fingerprint density at radius 2 is 1.16 bits per heavy atom. The lowest BCUT2D eigenvalue weighted by Crippen LogP contribution is -2.22. The lowest BCUT2D eigenvalue weighted by Gasteiger charge is -2.19. The molecule has 0 saturated carbocycles. The molecule has 0 saturated heterocycles. The average molecular weight is 327 g/mol. The molecule has 1 aliphatic carbocycles. The Bertz CT molecular complexity index is 955. The van der Waals surface area contributed by atoms with Gasteiger partial charge in [0.1, 0.15) is 5.71 Å². The predicted octanol–water partition coefficient (Wildman–Crippen LogP) is 3.84. The SMILES string of the molecule is O=C(ON=C1c2ccccc2C(=O)c2ccccc21)c1ccccc1. The maximum atomic E-state index is 12.7. The summed E-state index contributed by atoms with van der Waals surface area (Å²) in [4.78, 5) is 30.0. The average Bonchev–Trinajstić information content (AvgIpc) is 2.68. The number of nitrogens with zero attached hydrogens (tertiary/aromatic N) is 1. The van der Waals surface area contributed by atoms with Crippen LogP contribution in [0, 0.1) is 0 Å². The van der Waals surface area contributed by atoms with Crippen LogP contribution in [-0.2, 0) is 4.84 Å². The molecule has 0 unspecified atom stereocenters. The first-order valence-electron chi connectivity index (χ1n) is 7.83. The van der Waals surface area contributed by atoms with Crippen LogP contribution in [0.5, 0.6) is 0 Å². The maximum Gasteiger partial charge on any atom is 0.365 e. The summed E-state index contributed by atoms with van der Waals surface area (Å²) < 4.78 is 0. The van der Waals surface area contributed by atoms with E-state index in [-0.39, 0.29) is 5.78 Å². The van der Waals surface area contributed by atoms with E-state index in [1.807, 2.05) is 18.2 Å². The molecule has 4 heteroatoms. The number of carbonyl (C=O) groups is 2. The topological polar surface area (TPSA) is 55.7 Å². The molecule has 0 atom stereocenters. The van der Waals surface area contributed by atoms with Crippen LogP contribution in [0.15, 0.2) is 84.0 Å². The fourth-order valence-corrected chi connectivity index (χ4v) is 2.88. The predicted molar refractivity (Wildman–Crippen MR) is 93.8 cm³/mol. The van der Waals surface area contributed by atoms with Crippen molar-refractivity contribution in [2.75, 3.05) is 0 Å². The zero-order chi connectivity index (χ0) is 17.2. The Morgan fingerprint density at radius 3 is 1.72 bits per heavy atom. The second kappa shape index (κ2) is 6.17. The zero-order valence-electron chi connectivity index (χ0n) is 13.2. The van der Waals surface area contributed by atoms with E-state index in [1.54, 1.807) is 60.7 Å². The smallest absolute Gasteiger partial charge is 0.312 e.